The Morgan fingerprint density at radius 1 is 1.37 bits per heavy atom. The van der Waals surface area contributed by atoms with Crippen molar-refractivity contribution >= 4 is 26.0 Å². The Balaban J connectivity index is 2.21. The van der Waals surface area contributed by atoms with E-state index in [1.165, 1.54) is 6.07 Å². The van der Waals surface area contributed by atoms with Gasteiger partial charge in [0, 0.05) is 23.4 Å². The van der Waals surface area contributed by atoms with Gasteiger partial charge in [-0.25, -0.2) is 17.5 Å². The first-order valence-electron chi connectivity index (χ1n) is 5.45. The zero-order valence-corrected chi connectivity index (χ0v) is 12.5. The lowest BCUT2D eigenvalue weighted by Gasteiger charge is -2.09. The topological polar surface area (TPSA) is 51.1 Å². The maximum atomic E-state index is 12.9. The lowest BCUT2D eigenvalue weighted by Crippen LogP contribution is -2.24. The first-order chi connectivity index (χ1) is 8.90. The van der Waals surface area contributed by atoms with Gasteiger partial charge in [0.1, 0.15) is 5.82 Å². The second kappa shape index (κ2) is 5.44. The first-order valence-corrected chi connectivity index (χ1v) is 7.73. The Bertz CT molecular complexity index is 698. The molecule has 7 heteroatoms. The number of nitrogens with one attached hydrogen (secondary N) is 1. The summed E-state index contributed by atoms with van der Waals surface area (Å²) in [6.07, 6.45) is 1.83. The molecule has 1 aromatic heterocycles. The van der Waals surface area contributed by atoms with Crippen LogP contribution in [0.4, 0.5) is 4.39 Å². The highest BCUT2D eigenvalue weighted by Crippen LogP contribution is 2.22. The van der Waals surface area contributed by atoms with Crippen molar-refractivity contribution < 1.29 is 12.8 Å². The lowest BCUT2D eigenvalue weighted by atomic mass is 10.3. The summed E-state index contributed by atoms with van der Waals surface area (Å²) < 4.78 is 41.6. The number of aryl methyl sites for hydroxylation is 1. The molecule has 2 rings (SSSR count). The normalized spacial score (nSPS) is 11.7. The number of hydrogen-bond acceptors (Lipinski definition) is 2. The summed E-state index contributed by atoms with van der Waals surface area (Å²) in [5.74, 6) is -0.492. The average Bonchev–Trinajstić information content (AvgIpc) is 2.72. The van der Waals surface area contributed by atoms with Crippen molar-refractivity contribution in [2.75, 3.05) is 0 Å². The van der Waals surface area contributed by atoms with E-state index in [9.17, 15) is 12.8 Å². The molecule has 0 saturated carbocycles. The van der Waals surface area contributed by atoms with Crippen LogP contribution in [0.1, 0.15) is 5.69 Å². The van der Waals surface area contributed by atoms with Gasteiger partial charge in [-0.1, -0.05) is 0 Å². The zero-order valence-electron chi connectivity index (χ0n) is 10.1. The molecule has 19 heavy (non-hydrogen) atoms. The van der Waals surface area contributed by atoms with Crippen LogP contribution in [0, 0.1) is 5.82 Å². The highest BCUT2D eigenvalue weighted by atomic mass is 79.9. The monoisotopic (exact) mass is 346 g/mol. The number of aromatic nitrogens is 1. The molecule has 1 heterocycles. The van der Waals surface area contributed by atoms with E-state index in [0.29, 0.717) is 0 Å². The molecule has 0 fully saturated rings. The van der Waals surface area contributed by atoms with Crippen LogP contribution in [-0.4, -0.2) is 13.0 Å². The molecule has 0 amide bonds. The fourth-order valence-corrected chi connectivity index (χ4v) is 3.67. The maximum absolute atomic E-state index is 12.9. The molecule has 102 valence electrons. The molecule has 0 atom stereocenters. The molecular formula is C12H12BrFN2O2S. The maximum Gasteiger partial charge on any atom is 0.242 e. The van der Waals surface area contributed by atoms with Gasteiger partial charge in [0.25, 0.3) is 0 Å². The number of rotatable bonds is 4. The van der Waals surface area contributed by atoms with E-state index < -0.39 is 15.8 Å². The van der Waals surface area contributed by atoms with Crippen molar-refractivity contribution in [2.45, 2.75) is 11.4 Å². The van der Waals surface area contributed by atoms with E-state index in [0.717, 1.165) is 17.8 Å². The number of nitrogens with zero attached hydrogens (tertiary/aromatic N) is 1. The van der Waals surface area contributed by atoms with Crippen molar-refractivity contribution in [3.63, 3.8) is 0 Å². The van der Waals surface area contributed by atoms with Crippen LogP contribution in [0.3, 0.4) is 0 Å². The van der Waals surface area contributed by atoms with Gasteiger partial charge in [-0.3, -0.25) is 0 Å². The molecular weight excluding hydrogens is 335 g/mol. The van der Waals surface area contributed by atoms with Gasteiger partial charge in [0.15, 0.2) is 0 Å². The highest BCUT2D eigenvalue weighted by Gasteiger charge is 2.18. The van der Waals surface area contributed by atoms with Gasteiger partial charge >= 0.3 is 0 Å². The summed E-state index contributed by atoms with van der Waals surface area (Å²) in [6.45, 7) is 0.176. The van der Waals surface area contributed by atoms with Gasteiger partial charge < -0.3 is 4.57 Å². The molecule has 0 unspecified atom stereocenters. The van der Waals surface area contributed by atoms with Crippen LogP contribution in [0.2, 0.25) is 0 Å². The molecule has 1 aromatic carbocycles. The van der Waals surface area contributed by atoms with Crippen LogP contribution in [0.15, 0.2) is 45.9 Å². The molecule has 0 aliphatic carbocycles. The number of halogens is 2. The van der Waals surface area contributed by atoms with Crippen LogP contribution >= 0.6 is 15.9 Å². The third kappa shape index (κ3) is 3.23. The minimum absolute atomic E-state index is 0.0168. The van der Waals surface area contributed by atoms with Gasteiger partial charge in [-0.2, -0.15) is 0 Å². The van der Waals surface area contributed by atoms with Crippen LogP contribution in [0.25, 0.3) is 0 Å². The van der Waals surface area contributed by atoms with E-state index in [1.807, 2.05) is 29.9 Å². The van der Waals surface area contributed by atoms with Crippen LogP contribution < -0.4 is 4.72 Å². The summed E-state index contributed by atoms with van der Waals surface area (Å²) in [5.41, 5.74) is 0.835. The average molecular weight is 347 g/mol. The second-order valence-electron chi connectivity index (χ2n) is 4.01. The summed E-state index contributed by atoms with van der Waals surface area (Å²) >= 11 is 3.05. The zero-order chi connectivity index (χ0) is 14.0. The smallest absolute Gasteiger partial charge is 0.242 e. The molecule has 0 saturated heterocycles. The van der Waals surface area contributed by atoms with Crippen LogP contribution in [0.5, 0.6) is 0 Å². The largest absolute Gasteiger partial charge is 0.353 e. The Morgan fingerprint density at radius 2 is 2.11 bits per heavy atom. The minimum Gasteiger partial charge on any atom is -0.353 e. The van der Waals surface area contributed by atoms with E-state index in [-0.39, 0.29) is 15.9 Å². The fourth-order valence-electron chi connectivity index (χ4n) is 1.62. The van der Waals surface area contributed by atoms with Crippen molar-refractivity contribution in [3.05, 3.63) is 52.5 Å². The molecule has 1 N–H and O–H groups in total. The fraction of sp³-hybridized carbons (Fsp3) is 0.167. The Morgan fingerprint density at radius 3 is 2.68 bits per heavy atom. The first kappa shape index (κ1) is 14.2. The molecule has 4 nitrogen and oxygen atoms in total. The van der Waals surface area contributed by atoms with Crippen LogP contribution in [-0.2, 0) is 23.6 Å². The predicted molar refractivity (Wildman–Crippen MR) is 73.5 cm³/mol. The third-order valence-electron chi connectivity index (χ3n) is 2.68. The molecule has 0 bridgehead atoms. The molecule has 0 aliphatic heterocycles. The SMILES string of the molecule is Cn1cccc1CNS(=O)(=O)c1ccc(F)cc1Br. The standard InChI is InChI=1S/C12H12BrFN2O2S/c1-16-6-2-3-10(16)8-15-19(17,18)12-5-4-9(14)7-11(12)13/h2-7,15H,8H2,1H3. The van der Waals surface area contributed by atoms with Gasteiger partial charge in [0.2, 0.25) is 10.0 Å². The molecule has 0 radical (unpaired) electrons. The van der Waals surface area contributed by atoms with Gasteiger partial charge in [-0.15, -0.1) is 0 Å². The quantitative estimate of drug-likeness (QED) is 0.924. The number of sulfonamides is 1. The van der Waals surface area contributed by atoms with Gasteiger partial charge in [0.05, 0.1) is 11.4 Å². The Hall–Kier alpha value is -1.18. The van der Waals surface area contributed by atoms with E-state index >= 15 is 0 Å². The molecule has 0 spiro atoms. The molecule has 0 aliphatic rings. The lowest BCUT2D eigenvalue weighted by molar-refractivity contribution is 0.577. The van der Waals surface area contributed by atoms with E-state index in [1.54, 1.807) is 0 Å². The third-order valence-corrected chi connectivity index (χ3v) is 5.06. The van der Waals surface area contributed by atoms with Gasteiger partial charge in [-0.05, 0) is 46.3 Å². The second-order valence-corrected chi connectivity index (χ2v) is 6.60. The summed E-state index contributed by atoms with van der Waals surface area (Å²) in [4.78, 5) is 0.0168. The number of hydrogen-bond donors (Lipinski definition) is 1. The van der Waals surface area contributed by atoms with Crippen molar-refractivity contribution in [3.8, 4) is 0 Å². The van der Waals surface area contributed by atoms with E-state index in [4.69, 9.17) is 0 Å². The predicted octanol–water partition coefficient (Wildman–Crippen LogP) is 2.41. The van der Waals surface area contributed by atoms with Crippen molar-refractivity contribution in [1.82, 2.24) is 9.29 Å². The summed E-state index contributed by atoms with van der Waals surface area (Å²) in [6, 6.07) is 7.12. The summed E-state index contributed by atoms with van der Waals surface area (Å²) in [7, 11) is -1.85. The molecule has 2 aromatic rings. The minimum atomic E-state index is -3.68. The number of benzene rings is 1. The highest BCUT2D eigenvalue weighted by molar-refractivity contribution is 9.10. The Labute approximate surface area is 119 Å². The van der Waals surface area contributed by atoms with E-state index in [2.05, 4.69) is 20.7 Å². The summed E-state index contributed by atoms with van der Waals surface area (Å²) in [5, 5.41) is 0. The van der Waals surface area contributed by atoms with Crippen molar-refractivity contribution in [2.24, 2.45) is 7.05 Å². The van der Waals surface area contributed by atoms with Crippen molar-refractivity contribution in [1.29, 1.82) is 0 Å². The Kier molecular flexibility index (Phi) is 4.07.